The Bertz CT molecular complexity index is 1180. The van der Waals surface area contributed by atoms with Crippen molar-refractivity contribution >= 4 is 39.8 Å². The Morgan fingerprint density at radius 2 is 1.71 bits per heavy atom. The van der Waals surface area contributed by atoms with Crippen LogP contribution in [0.5, 0.6) is 0 Å². The number of nitrogens with zero attached hydrogens (tertiary/aromatic N) is 6. The first-order valence-electron chi connectivity index (χ1n) is 9.46. The monoisotopic (exact) mass is 392 g/mol. The summed E-state index contributed by atoms with van der Waals surface area (Å²) in [4.78, 5) is 9.63. The number of aromatic nitrogens is 4. The van der Waals surface area contributed by atoms with E-state index in [0.717, 1.165) is 53.7 Å². The van der Waals surface area contributed by atoms with Crippen LogP contribution < -0.4 is 9.80 Å². The van der Waals surface area contributed by atoms with E-state index in [2.05, 4.69) is 64.2 Å². The molecule has 2 aromatic carbocycles. The lowest BCUT2D eigenvalue weighted by Gasteiger charge is -2.37. The molecule has 142 valence electrons. The Kier molecular flexibility index (Phi) is 4.09. The smallest absolute Gasteiger partial charge is 0.204 e. The Morgan fingerprint density at radius 3 is 2.54 bits per heavy atom. The van der Waals surface area contributed by atoms with E-state index in [1.807, 2.05) is 10.5 Å². The zero-order valence-electron chi connectivity index (χ0n) is 15.9. The predicted molar refractivity (Wildman–Crippen MR) is 114 cm³/mol. The summed E-state index contributed by atoms with van der Waals surface area (Å²) in [6, 6.07) is 12.4. The van der Waals surface area contributed by atoms with E-state index in [0.29, 0.717) is 0 Å². The quantitative estimate of drug-likeness (QED) is 0.518. The molecule has 6 nitrogen and oxygen atoms in total. The third-order valence-corrected chi connectivity index (χ3v) is 5.69. The van der Waals surface area contributed by atoms with Gasteiger partial charge in [0.1, 0.15) is 6.33 Å². The summed E-state index contributed by atoms with van der Waals surface area (Å²) < 4.78 is 2.04. The van der Waals surface area contributed by atoms with Gasteiger partial charge in [-0.1, -0.05) is 23.7 Å². The number of piperazine rings is 1. The van der Waals surface area contributed by atoms with Gasteiger partial charge in [-0.15, -0.1) is 10.2 Å². The lowest BCUT2D eigenvalue weighted by Crippen LogP contribution is -2.47. The van der Waals surface area contributed by atoms with Crippen molar-refractivity contribution in [3.63, 3.8) is 0 Å². The fraction of sp³-hybridized carbons (Fsp3) is 0.286. The number of aryl methyl sites for hydroxylation is 2. The van der Waals surface area contributed by atoms with Crippen LogP contribution in [0.2, 0.25) is 5.02 Å². The number of fused-ring (bicyclic) bond motifs is 3. The molecule has 5 rings (SSSR count). The standard InChI is InChI=1S/C21H21ClN6/c1-14-3-6-17-19(11-14)28-13-23-25-21(28)20(24-17)27-9-7-26(8-10-27)18-12-16(22)5-4-15(18)2/h3-6,11-13H,7-10H2,1-2H3. The first-order chi connectivity index (χ1) is 13.6. The fourth-order valence-corrected chi connectivity index (χ4v) is 4.11. The SMILES string of the molecule is Cc1ccc2nc(N3CCN(c4cc(Cl)ccc4C)CC3)c3nncn3c2c1. The first-order valence-corrected chi connectivity index (χ1v) is 9.84. The number of hydrogen-bond acceptors (Lipinski definition) is 5. The lowest BCUT2D eigenvalue weighted by atomic mass is 10.1. The van der Waals surface area contributed by atoms with Crippen LogP contribution in [-0.2, 0) is 0 Å². The Balaban J connectivity index is 1.48. The molecule has 0 bridgehead atoms. The molecule has 4 aromatic rings. The average molecular weight is 393 g/mol. The number of anilines is 2. The highest BCUT2D eigenvalue weighted by Gasteiger charge is 2.23. The Hall–Kier alpha value is -2.86. The molecule has 7 heteroatoms. The molecular weight excluding hydrogens is 372 g/mol. The molecule has 0 atom stereocenters. The zero-order valence-corrected chi connectivity index (χ0v) is 16.7. The second kappa shape index (κ2) is 6.63. The van der Waals surface area contributed by atoms with Crippen LogP contribution in [-0.4, -0.2) is 45.8 Å². The Morgan fingerprint density at radius 1 is 0.929 bits per heavy atom. The summed E-state index contributed by atoms with van der Waals surface area (Å²) in [7, 11) is 0. The largest absolute Gasteiger partial charge is 0.368 e. The fourth-order valence-electron chi connectivity index (χ4n) is 3.94. The topological polar surface area (TPSA) is 49.6 Å². The summed E-state index contributed by atoms with van der Waals surface area (Å²) in [6.07, 6.45) is 1.77. The molecule has 1 fully saturated rings. The minimum atomic E-state index is 0.777. The van der Waals surface area contributed by atoms with Gasteiger partial charge in [0.15, 0.2) is 5.82 Å². The van der Waals surface area contributed by atoms with Crippen molar-refractivity contribution < 1.29 is 0 Å². The average Bonchev–Trinajstić information content (AvgIpc) is 3.20. The molecule has 28 heavy (non-hydrogen) atoms. The van der Waals surface area contributed by atoms with E-state index < -0.39 is 0 Å². The van der Waals surface area contributed by atoms with Crippen LogP contribution in [0.3, 0.4) is 0 Å². The minimum absolute atomic E-state index is 0.777. The molecule has 3 heterocycles. The van der Waals surface area contributed by atoms with Crippen LogP contribution in [0.15, 0.2) is 42.7 Å². The molecule has 1 aliphatic heterocycles. The molecule has 0 N–H and O–H groups in total. The summed E-state index contributed by atoms with van der Waals surface area (Å²) in [5.74, 6) is 0.899. The third-order valence-electron chi connectivity index (χ3n) is 5.46. The van der Waals surface area contributed by atoms with E-state index >= 15 is 0 Å². The van der Waals surface area contributed by atoms with Crippen molar-refractivity contribution in [2.45, 2.75) is 13.8 Å². The minimum Gasteiger partial charge on any atom is -0.368 e. The van der Waals surface area contributed by atoms with Crippen molar-refractivity contribution in [1.29, 1.82) is 0 Å². The van der Waals surface area contributed by atoms with Crippen molar-refractivity contribution in [2.24, 2.45) is 0 Å². The second-order valence-corrected chi connectivity index (χ2v) is 7.79. The van der Waals surface area contributed by atoms with Gasteiger partial charge in [-0.25, -0.2) is 4.98 Å². The van der Waals surface area contributed by atoms with Gasteiger partial charge in [0.2, 0.25) is 5.65 Å². The predicted octanol–water partition coefficient (Wildman–Crippen LogP) is 3.87. The maximum absolute atomic E-state index is 6.21. The number of halogens is 1. The number of benzene rings is 2. The molecule has 0 amide bonds. The van der Waals surface area contributed by atoms with Gasteiger partial charge in [0.05, 0.1) is 11.0 Å². The van der Waals surface area contributed by atoms with Crippen LogP contribution in [0, 0.1) is 13.8 Å². The Labute approximate surface area is 168 Å². The summed E-state index contributed by atoms with van der Waals surface area (Å²) in [5, 5.41) is 9.27. The van der Waals surface area contributed by atoms with Crippen molar-refractivity contribution in [3.05, 3.63) is 58.9 Å². The summed E-state index contributed by atoms with van der Waals surface area (Å²) >= 11 is 6.21. The van der Waals surface area contributed by atoms with Crippen LogP contribution >= 0.6 is 11.6 Å². The maximum atomic E-state index is 6.21. The molecule has 0 unspecified atom stereocenters. The molecular formula is C21H21ClN6. The highest BCUT2D eigenvalue weighted by molar-refractivity contribution is 6.30. The van der Waals surface area contributed by atoms with Crippen molar-refractivity contribution in [1.82, 2.24) is 19.6 Å². The van der Waals surface area contributed by atoms with Crippen LogP contribution in [0.25, 0.3) is 16.7 Å². The van der Waals surface area contributed by atoms with E-state index in [-0.39, 0.29) is 0 Å². The number of rotatable bonds is 2. The van der Waals surface area contributed by atoms with Crippen LogP contribution in [0.4, 0.5) is 11.5 Å². The highest BCUT2D eigenvalue weighted by atomic mass is 35.5. The molecule has 0 aliphatic carbocycles. The summed E-state index contributed by atoms with van der Waals surface area (Å²) in [6.45, 7) is 7.78. The maximum Gasteiger partial charge on any atom is 0.204 e. The van der Waals surface area contributed by atoms with Gasteiger partial charge in [0, 0.05) is 36.9 Å². The number of hydrogen-bond donors (Lipinski definition) is 0. The summed E-state index contributed by atoms with van der Waals surface area (Å²) in [5.41, 5.74) is 6.46. The normalized spacial score (nSPS) is 15.0. The van der Waals surface area contributed by atoms with Crippen molar-refractivity contribution in [3.8, 4) is 0 Å². The van der Waals surface area contributed by atoms with Gasteiger partial charge in [0.25, 0.3) is 0 Å². The van der Waals surface area contributed by atoms with Gasteiger partial charge < -0.3 is 9.80 Å². The molecule has 1 aliphatic rings. The van der Waals surface area contributed by atoms with E-state index in [1.165, 1.54) is 16.8 Å². The van der Waals surface area contributed by atoms with Gasteiger partial charge >= 0.3 is 0 Å². The van der Waals surface area contributed by atoms with E-state index in [4.69, 9.17) is 16.6 Å². The van der Waals surface area contributed by atoms with Gasteiger partial charge in [-0.2, -0.15) is 0 Å². The van der Waals surface area contributed by atoms with Gasteiger partial charge in [-0.05, 0) is 49.2 Å². The molecule has 0 radical (unpaired) electrons. The van der Waals surface area contributed by atoms with Gasteiger partial charge in [-0.3, -0.25) is 4.40 Å². The third kappa shape index (κ3) is 2.85. The van der Waals surface area contributed by atoms with E-state index in [1.54, 1.807) is 6.33 Å². The second-order valence-electron chi connectivity index (χ2n) is 7.36. The molecule has 0 spiro atoms. The van der Waals surface area contributed by atoms with E-state index in [9.17, 15) is 0 Å². The lowest BCUT2D eigenvalue weighted by molar-refractivity contribution is 0.647. The van der Waals surface area contributed by atoms with Crippen LogP contribution in [0.1, 0.15) is 11.1 Å². The van der Waals surface area contributed by atoms with Crippen molar-refractivity contribution in [2.75, 3.05) is 36.0 Å². The molecule has 0 saturated carbocycles. The molecule has 2 aromatic heterocycles. The zero-order chi connectivity index (χ0) is 19.3. The molecule has 1 saturated heterocycles. The first kappa shape index (κ1) is 17.3. The highest BCUT2D eigenvalue weighted by Crippen LogP contribution is 2.28.